The summed E-state index contributed by atoms with van der Waals surface area (Å²) in [7, 11) is -0.228. The number of benzene rings is 2. The minimum absolute atomic E-state index is 0.597. The zero-order valence-electron chi connectivity index (χ0n) is 21.8. The lowest BCUT2D eigenvalue weighted by Crippen LogP contribution is -2.27. The second kappa shape index (κ2) is 12.8. The molecule has 2 aromatic carbocycles. The van der Waals surface area contributed by atoms with Gasteiger partial charge < -0.3 is 9.16 Å². The van der Waals surface area contributed by atoms with E-state index in [4.69, 9.17) is 38.9 Å². The Morgan fingerprint density at radius 2 is 1.39 bits per heavy atom. The summed E-state index contributed by atoms with van der Waals surface area (Å²) in [4.78, 5) is 3.67. The summed E-state index contributed by atoms with van der Waals surface area (Å²) in [6.45, 7) is 17.4. The van der Waals surface area contributed by atoms with Crippen molar-refractivity contribution in [2.75, 3.05) is 7.11 Å². The molecule has 0 fully saturated rings. The number of nitrogens with zero attached hydrogens (tertiary/aromatic N) is 5. The summed E-state index contributed by atoms with van der Waals surface area (Å²) >= 11 is 18.9. The smallest absolute Gasteiger partial charge is 0.347 e. The van der Waals surface area contributed by atoms with Crippen molar-refractivity contribution in [2.45, 2.75) is 39.7 Å². The number of halogens is 4. The van der Waals surface area contributed by atoms with Gasteiger partial charge in [0.05, 0.1) is 39.8 Å². The molecule has 0 saturated heterocycles. The van der Waals surface area contributed by atoms with Crippen molar-refractivity contribution in [3.8, 4) is 17.1 Å². The average molecular weight is 700 g/mol. The van der Waals surface area contributed by atoms with Crippen molar-refractivity contribution in [3.05, 3.63) is 96.2 Å². The number of aromatic nitrogens is 4. The molecule has 1 unspecified atom stereocenters. The van der Waals surface area contributed by atoms with Crippen LogP contribution in [0.4, 0.5) is 0 Å². The number of aryl methyl sites for hydroxylation is 2. The Bertz CT molecular complexity index is 1440. The van der Waals surface area contributed by atoms with Gasteiger partial charge in [0, 0.05) is 21.3 Å². The molecule has 0 amide bonds. The third kappa shape index (κ3) is 7.71. The summed E-state index contributed by atoms with van der Waals surface area (Å²) in [5.74, 6) is 0.744. The molecule has 0 aliphatic heterocycles. The van der Waals surface area contributed by atoms with Gasteiger partial charge in [0.15, 0.2) is 8.32 Å². The molecular weight excluding hydrogens is 673 g/mol. The number of hydrogen-bond acceptors (Lipinski definition) is 4. The van der Waals surface area contributed by atoms with Crippen molar-refractivity contribution in [1.29, 1.82) is 0 Å². The van der Waals surface area contributed by atoms with Gasteiger partial charge >= 0.3 is 6.23 Å². The van der Waals surface area contributed by atoms with Crippen LogP contribution in [-0.2, 0) is 4.43 Å². The third-order valence-electron chi connectivity index (χ3n) is 5.15. The first-order valence-electron chi connectivity index (χ1n) is 11.4. The maximum Gasteiger partial charge on any atom is 0.347 e. The highest BCUT2D eigenvalue weighted by Gasteiger charge is 2.29. The van der Waals surface area contributed by atoms with E-state index in [9.17, 15) is 0 Å². The molecule has 12 heteroatoms. The summed E-state index contributed by atoms with van der Waals surface area (Å²) in [6, 6.07) is 11.5. The standard InChI is InChI=1S/C15H17BrClN3OSi.C11H10BrClN2O/c1-10-13(17)9-20(19-10)14-7-6-11(16)8-12(14)15(18-2)21-22(3,4)5;1-7-9(13)6-15(14-7)10-4-3-8(12)5-11(10)16-2/h6-9,15H,1,3-5H3;3-6H,1-2H3. The van der Waals surface area contributed by atoms with Crippen molar-refractivity contribution >= 4 is 63.4 Å². The fourth-order valence-electron chi connectivity index (χ4n) is 3.39. The number of ether oxygens (including phenoxy) is 1. The van der Waals surface area contributed by atoms with E-state index in [1.54, 1.807) is 28.9 Å². The topological polar surface area (TPSA) is 58.5 Å². The minimum atomic E-state index is -1.86. The van der Waals surface area contributed by atoms with Gasteiger partial charge in [0.1, 0.15) is 11.4 Å². The van der Waals surface area contributed by atoms with Crippen molar-refractivity contribution in [2.24, 2.45) is 0 Å². The molecule has 0 N–H and O–H groups in total. The monoisotopic (exact) mass is 697 g/mol. The highest BCUT2D eigenvalue weighted by atomic mass is 79.9. The van der Waals surface area contributed by atoms with E-state index in [2.05, 4.69) is 66.5 Å². The van der Waals surface area contributed by atoms with E-state index in [0.29, 0.717) is 10.0 Å². The zero-order valence-corrected chi connectivity index (χ0v) is 27.4. The second-order valence-corrected chi connectivity index (χ2v) is 16.4. The van der Waals surface area contributed by atoms with Gasteiger partial charge in [0.25, 0.3) is 0 Å². The maximum atomic E-state index is 7.51. The molecule has 2 heterocycles. The lowest BCUT2D eigenvalue weighted by molar-refractivity contribution is 0.245. The molecule has 200 valence electrons. The van der Waals surface area contributed by atoms with Crippen LogP contribution in [0, 0.1) is 20.4 Å². The van der Waals surface area contributed by atoms with Crippen LogP contribution in [0.5, 0.6) is 5.75 Å². The summed E-state index contributed by atoms with van der Waals surface area (Å²) in [5, 5.41) is 9.95. The first-order valence-corrected chi connectivity index (χ1v) is 17.2. The van der Waals surface area contributed by atoms with Crippen LogP contribution in [0.15, 0.2) is 57.7 Å². The van der Waals surface area contributed by atoms with Gasteiger partial charge in [-0.1, -0.05) is 55.1 Å². The molecule has 0 bridgehead atoms. The molecule has 0 aliphatic rings. The van der Waals surface area contributed by atoms with Gasteiger partial charge in [-0.2, -0.15) is 10.2 Å². The Hall–Kier alpha value is -2.13. The summed E-state index contributed by atoms with van der Waals surface area (Å²) < 4.78 is 16.6. The average Bonchev–Trinajstić information content (AvgIpc) is 3.36. The van der Waals surface area contributed by atoms with Crippen molar-refractivity contribution in [1.82, 2.24) is 19.6 Å². The molecule has 1 atom stereocenters. The molecule has 0 aliphatic carbocycles. The van der Waals surface area contributed by atoms with Gasteiger partial charge in [-0.25, -0.2) is 15.9 Å². The molecule has 4 aromatic rings. The largest absolute Gasteiger partial charge is 0.494 e. The molecule has 0 spiro atoms. The van der Waals surface area contributed by atoms with Crippen LogP contribution in [0.25, 0.3) is 16.2 Å². The lowest BCUT2D eigenvalue weighted by atomic mass is 10.1. The van der Waals surface area contributed by atoms with Crippen LogP contribution < -0.4 is 4.74 Å². The van der Waals surface area contributed by atoms with Crippen LogP contribution in [0.2, 0.25) is 29.7 Å². The maximum absolute atomic E-state index is 7.51. The van der Waals surface area contributed by atoms with E-state index in [1.165, 1.54) is 0 Å². The highest BCUT2D eigenvalue weighted by Crippen LogP contribution is 2.32. The SMILES string of the molecule is COc1cc(Br)ccc1-n1cc(Cl)c(C)n1.[C-]#[N+]C(O[Si](C)(C)C)c1cc(Br)ccc1-n1cc(Cl)c(C)n1. The fourth-order valence-corrected chi connectivity index (χ4v) is 5.22. The Morgan fingerprint density at radius 1 is 0.895 bits per heavy atom. The van der Waals surface area contributed by atoms with Crippen LogP contribution in [0.1, 0.15) is 23.2 Å². The van der Waals surface area contributed by atoms with Gasteiger partial charge in [-0.3, -0.25) is 4.85 Å². The molecule has 0 saturated carbocycles. The number of rotatable bonds is 6. The van der Waals surface area contributed by atoms with E-state index >= 15 is 0 Å². The van der Waals surface area contributed by atoms with Crippen LogP contribution in [-0.4, -0.2) is 35.0 Å². The van der Waals surface area contributed by atoms with Gasteiger partial charge in [-0.15, -0.1) is 0 Å². The highest BCUT2D eigenvalue weighted by molar-refractivity contribution is 9.10. The molecule has 0 radical (unpaired) electrons. The third-order valence-corrected chi connectivity index (χ3v) is 7.81. The summed E-state index contributed by atoms with van der Waals surface area (Å²) in [6.07, 6.45) is 2.87. The zero-order chi connectivity index (χ0) is 28.2. The van der Waals surface area contributed by atoms with Crippen molar-refractivity contribution < 1.29 is 9.16 Å². The van der Waals surface area contributed by atoms with Crippen molar-refractivity contribution in [3.63, 3.8) is 0 Å². The van der Waals surface area contributed by atoms with E-state index in [-0.39, 0.29) is 0 Å². The second-order valence-electron chi connectivity index (χ2n) is 9.25. The molecule has 38 heavy (non-hydrogen) atoms. The quantitative estimate of drug-likeness (QED) is 0.149. The number of methoxy groups -OCH3 is 1. The van der Waals surface area contributed by atoms with E-state index < -0.39 is 14.5 Å². The van der Waals surface area contributed by atoms with Gasteiger partial charge in [0.2, 0.25) is 0 Å². The summed E-state index contributed by atoms with van der Waals surface area (Å²) in [5.41, 5.74) is 4.00. The predicted octanol–water partition coefficient (Wildman–Crippen LogP) is 8.97. The predicted molar refractivity (Wildman–Crippen MR) is 162 cm³/mol. The van der Waals surface area contributed by atoms with Crippen LogP contribution in [0.3, 0.4) is 0 Å². The minimum Gasteiger partial charge on any atom is -0.494 e. The van der Waals surface area contributed by atoms with E-state index in [1.807, 2.05) is 50.2 Å². The molecular formula is C26H27Br2Cl2N5O2Si. The Labute approximate surface area is 250 Å². The number of hydrogen-bond donors (Lipinski definition) is 0. The Kier molecular flexibility index (Phi) is 10.3. The normalized spacial score (nSPS) is 11.9. The first kappa shape index (κ1) is 30.4. The van der Waals surface area contributed by atoms with Crippen LogP contribution >= 0.6 is 55.1 Å². The molecule has 7 nitrogen and oxygen atoms in total. The van der Waals surface area contributed by atoms with E-state index in [0.717, 1.165) is 43.0 Å². The Morgan fingerprint density at radius 3 is 1.84 bits per heavy atom. The molecule has 4 rings (SSSR count). The lowest BCUT2D eigenvalue weighted by Gasteiger charge is -2.20. The fraction of sp³-hybridized carbons (Fsp3) is 0.269. The first-order chi connectivity index (χ1) is 17.8. The van der Waals surface area contributed by atoms with Gasteiger partial charge in [-0.05, 0) is 69.9 Å². The molecule has 2 aromatic heterocycles. The Balaban J connectivity index is 0.000000221.